The lowest BCUT2D eigenvalue weighted by molar-refractivity contribution is -0.137. The molecule has 1 aliphatic rings. The smallest absolute Gasteiger partial charge is 0.388 e. The lowest BCUT2D eigenvalue weighted by atomic mass is 9.72. The lowest BCUT2D eigenvalue weighted by Gasteiger charge is -2.36. The molecule has 1 atom stereocenters. The van der Waals surface area contributed by atoms with E-state index in [9.17, 15) is 18.3 Å². The molecule has 1 fully saturated rings. The van der Waals surface area contributed by atoms with Crippen molar-refractivity contribution in [2.45, 2.75) is 58.2 Å². The predicted octanol–water partition coefficient (Wildman–Crippen LogP) is 5.35. The molecule has 0 aliphatic heterocycles. The second-order valence-electron chi connectivity index (χ2n) is 6.69. The van der Waals surface area contributed by atoms with E-state index in [2.05, 4.69) is 13.8 Å². The van der Waals surface area contributed by atoms with E-state index < -0.39 is 17.8 Å². The van der Waals surface area contributed by atoms with Gasteiger partial charge in [0.05, 0.1) is 11.7 Å². The van der Waals surface area contributed by atoms with Crippen molar-refractivity contribution in [1.29, 1.82) is 0 Å². The average molecular weight is 300 g/mol. The van der Waals surface area contributed by atoms with Crippen molar-refractivity contribution in [1.82, 2.24) is 0 Å². The zero-order valence-electron chi connectivity index (χ0n) is 12.6. The first-order chi connectivity index (χ1) is 9.74. The summed E-state index contributed by atoms with van der Waals surface area (Å²) in [6.07, 6.45) is -0.0123. The molecule has 1 unspecified atom stereocenters. The monoisotopic (exact) mass is 300 g/mol. The zero-order chi connectivity index (χ0) is 15.7. The fourth-order valence-electron chi connectivity index (χ4n) is 3.69. The van der Waals surface area contributed by atoms with E-state index in [0.717, 1.165) is 44.2 Å². The number of hydrogen-bond donors (Lipinski definition) is 1. The molecule has 0 aromatic heterocycles. The van der Waals surface area contributed by atoms with Gasteiger partial charge in [0, 0.05) is 5.41 Å². The molecule has 2 rings (SSSR count). The molecule has 0 bridgehead atoms. The Morgan fingerprint density at radius 1 is 1.10 bits per heavy atom. The second-order valence-corrected chi connectivity index (χ2v) is 6.69. The van der Waals surface area contributed by atoms with Crippen molar-refractivity contribution in [3.8, 4) is 0 Å². The molecule has 0 amide bonds. The highest BCUT2D eigenvalue weighted by molar-refractivity contribution is 5.27. The number of aliphatic hydroxyl groups is 1. The Bertz CT molecular complexity index is 456. The van der Waals surface area contributed by atoms with Gasteiger partial charge in [0.2, 0.25) is 0 Å². The van der Waals surface area contributed by atoms with Gasteiger partial charge < -0.3 is 5.11 Å². The zero-order valence-corrected chi connectivity index (χ0v) is 12.6. The van der Waals surface area contributed by atoms with Crippen LogP contribution in [-0.2, 0) is 6.18 Å². The highest BCUT2D eigenvalue weighted by Gasteiger charge is 2.41. The number of aliphatic hydroxyl groups excluding tert-OH is 1. The van der Waals surface area contributed by atoms with E-state index in [1.165, 1.54) is 12.1 Å². The summed E-state index contributed by atoms with van der Waals surface area (Å²) in [7, 11) is 0. The van der Waals surface area contributed by atoms with Crippen molar-refractivity contribution in [3.05, 3.63) is 35.4 Å². The lowest BCUT2D eigenvalue weighted by Crippen LogP contribution is -2.27. The maximum absolute atomic E-state index is 12.6. The maximum Gasteiger partial charge on any atom is 0.416 e. The fourth-order valence-corrected chi connectivity index (χ4v) is 3.69. The summed E-state index contributed by atoms with van der Waals surface area (Å²) in [5.41, 5.74) is -0.234. The summed E-state index contributed by atoms with van der Waals surface area (Å²) in [6, 6.07) is 4.98. The molecule has 1 aromatic rings. The summed E-state index contributed by atoms with van der Waals surface area (Å²) in [6.45, 7) is 4.25. The molecule has 21 heavy (non-hydrogen) atoms. The standard InChI is InChI=1S/C17H23F3O/c1-12(2)11-16(9-3-4-10-16)15(21)13-5-7-14(8-6-13)17(18,19)20/h5-8,12,15,21H,3-4,9-11H2,1-2H3. The topological polar surface area (TPSA) is 20.2 Å². The van der Waals surface area contributed by atoms with Crippen LogP contribution in [0.15, 0.2) is 24.3 Å². The van der Waals surface area contributed by atoms with E-state index in [1.807, 2.05) is 0 Å². The number of alkyl halides is 3. The van der Waals surface area contributed by atoms with Crippen molar-refractivity contribution < 1.29 is 18.3 Å². The Morgan fingerprint density at radius 3 is 2.05 bits per heavy atom. The van der Waals surface area contributed by atoms with Crippen LogP contribution in [0.25, 0.3) is 0 Å². The largest absolute Gasteiger partial charge is 0.416 e. The maximum atomic E-state index is 12.6. The first-order valence-electron chi connectivity index (χ1n) is 7.60. The van der Waals surface area contributed by atoms with Crippen LogP contribution in [0.1, 0.15) is 63.2 Å². The van der Waals surface area contributed by atoms with Crippen LogP contribution in [0.2, 0.25) is 0 Å². The van der Waals surface area contributed by atoms with Crippen LogP contribution < -0.4 is 0 Å². The normalized spacial score (nSPS) is 20.0. The minimum Gasteiger partial charge on any atom is -0.388 e. The molecule has 1 N–H and O–H groups in total. The molecule has 0 saturated heterocycles. The van der Waals surface area contributed by atoms with E-state index in [1.54, 1.807) is 0 Å². The predicted molar refractivity (Wildman–Crippen MR) is 76.8 cm³/mol. The van der Waals surface area contributed by atoms with Gasteiger partial charge >= 0.3 is 6.18 Å². The molecule has 1 nitrogen and oxygen atoms in total. The van der Waals surface area contributed by atoms with Gasteiger partial charge in [-0.1, -0.05) is 38.8 Å². The first-order valence-corrected chi connectivity index (χ1v) is 7.60. The summed E-state index contributed by atoms with van der Waals surface area (Å²) in [5, 5.41) is 10.7. The molecule has 118 valence electrons. The fraction of sp³-hybridized carbons (Fsp3) is 0.647. The number of rotatable bonds is 4. The molecule has 0 heterocycles. The van der Waals surface area contributed by atoms with E-state index >= 15 is 0 Å². The Hall–Kier alpha value is -1.03. The molecule has 0 spiro atoms. The number of halogens is 3. The minimum atomic E-state index is -4.33. The molecular formula is C17H23F3O. The van der Waals surface area contributed by atoms with Crippen LogP contribution in [0.3, 0.4) is 0 Å². The molecule has 1 aliphatic carbocycles. The third-order valence-electron chi connectivity index (χ3n) is 4.55. The van der Waals surface area contributed by atoms with Crippen molar-refractivity contribution in [2.24, 2.45) is 11.3 Å². The van der Waals surface area contributed by atoms with Gasteiger partial charge in [-0.3, -0.25) is 0 Å². The third kappa shape index (κ3) is 3.60. The Morgan fingerprint density at radius 2 is 1.62 bits per heavy atom. The molecule has 1 saturated carbocycles. The minimum absolute atomic E-state index is 0.173. The molecular weight excluding hydrogens is 277 g/mol. The van der Waals surface area contributed by atoms with Crippen LogP contribution in [0.4, 0.5) is 13.2 Å². The summed E-state index contributed by atoms with van der Waals surface area (Å²) in [4.78, 5) is 0. The first kappa shape index (κ1) is 16.3. The molecule has 0 radical (unpaired) electrons. The van der Waals surface area contributed by atoms with E-state index in [-0.39, 0.29) is 5.41 Å². The van der Waals surface area contributed by atoms with Crippen molar-refractivity contribution in [3.63, 3.8) is 0 Å². The Kier molecular flexibility index (Phi) is 4.66. The SMILES string of the molecule is CC(C)CC1(C(O)c2ccc(C(F)(F)F)cc2)CCCC1. The third-order valence-corrected chi connectivity index (χ3v) is 4.55. The van der Waals surface area contributed by atoms with E-state index in [4.69, 9.17) is 0 Å². The van der Waals surface area contributed by atoms with Gasteiger partial charge in [-0.25, -0.2) is 0 Å². The Labute approximate surface area is 124 Å². The average Bonchev–Trinajstić information content (AvgIpc) is 2.86. The number of benzene rings is 1. The van der Waals surface area contributed by atoms with Gasteiger partial charge in [0.1, 0.15) is 0 Å². The van der Waals surface area contributed by atoms with Gasteiger partial charge in [-0.2, -0.15) is 13.2 Å². The number of hydrogen-bond acceptors (Lipinski definition) is 1. The molecule has 1 aromatic carbocycles. The highest BCUT2D eigenvalue weighted by Crippen LogP contribution is 2.51. The van der Waals surface area contributed by atoms with Crippen LogP contribution in [0.5, 0.6) is 0 Å². The van der Waals surface area contributed by atoms with Crippen LogP contribution in [0, 0.1) is 11.3 Å². The molecule has 4 heteroatoms. The van der Waals surface area contributed by atoms with E-state index in [0.29, 0.717) is 11.5 Å². The van der Waals surface area contributed by atoms with Gasteiger partial charge in [0.15, 0.2) is 0 Å². The Balaban J connectivity index is 2.23. The summed E-state index contributed by atoms with van der Waals surface area (Å²) < 4.78 is 37.8. The van der Waals surface area contributed by atoms with Crippen LogP contribution in [-0.4, -0.2) is 5.11 Å². The van der Waals surface area contributed by atoms with Crippen molar-refractivity contribution in [2.75, 3.05) is 0 Å². The quantitative estimate of drug-likeness (QED) is 0.795. The van der Waals surface area contributed by atoms with Gasteiger partial charge in [0.25, 0.3) is 0 Å². The van der Waals surface area contributed by atoms with Crippen LogP contribution >= 0.6 is 0 Å². The summed E-state index contributed by atoms with van der Waals surface area (Å²) in [5.74, 6) is 0.465. The summed E-state index contributed by atoms with van der Waals surface area (Å²) >= 11 is 0. The second kappa shape index (κ2) is 5.99. The van der Waals surface area contributed by atoms with Gasteiger partial charge in [-0.15, -0.1) is 0 Å². The van der Waals surface area contributed by atoms with Gasteiger partial charge in [-0.05, 0) is 42.9 Å². The highest BCUT2D eigenvalue weighted by atomic mass is 19.4. The van der Waals surface area contributed by atoms with Crippen molar-refractivity contribution >= 4 is 0 Å².